The van der Waals surface area contributed by atoms with E-state index in [0.717, 1.165) is 65.7 Å². The number of hydrogen-bond acceptors (Lipinski definition) is 9. The molecule has 0 radical (unpaired) electrons. The van der Waals surface area contributed by atoms with Crippen molar-refractivity contribution in [2.24, 2.45) is 21.1 Å². The molecule has 0 aliphatic carbocycles. The second-order valence-corrected chi connectivity index (χ2v) is 26.8. The van der Waals surface area contributed by atoms with E-state index in [-0.39, 0.29) is 91.9 Å². The summed E-state index contributed by atoms with van der Waals surface area (Å²) in [6.07, 6.45) is 5.43. The number of likely N-dealkylation sites (N-methyl/N-ethyl adjacent to an activating group) is 1. The molecule has 6 atom stereocenters. The molecular formula is C76H94Cl3F3N10O6. The van der Waals surface area contributed by atoms with Crippen molar-refractivity contribution in [2.75, 3.05) is 53.4 Å². The van der Waals surface area contributed by atoms with Crippen molar-refractivity contribution in [1.82, 2.24) is 48.4 Å². The van der Waals surface area contributed by atoms with Gasteiger partial charge in [-0.25, -0.2) is 18.0 Å². The largest absolute Gasteiger partial charge is 0.478 e. The number of carbonyl (C=O) groups excluding carboxylic acids is 4. The lowest BCUT2D eigenvalue weighted by molar-refractivity contribution is -0.124. The first-order valence-corrected chi connectivity index (χ1v) is 32.8. The van der Waals surface area contributed by atoms with E-state index in [4.69, 9.17) is 39.9 Å². The Hall–Kier alpha value is -8.01. The fraction of sp³-hybridized carbons (Fsp3) is 0.382. The molecule has 3 fully saturated rings. The van der Waals surface area contributed by atoms with Crippen molar-refractivity contribution in [3.8, 4) is 0 Å². The summed E-state index contributed by atoms with van der Waals surface area (Å²) in [6.45, 7) is 19.6. The molecule has 16 nitrogen and oxygen atoms in total. The van der Waals surface area contributed by atoms with Crippen LogP contribution in [0.3, 0.4) is 0 Å². The van der Waals surface area contributed by atoms with Gasteiger partial charge in [-0.1, -0.05) is 93.5 Å². The van der Waals surface area contributed by atoms with Crippen LogP contribution in [-0.4, -0.2) is 167 Å². The van der Waals surface area contributed by atoms with Gasteiger partial charge < -0.3 is 38.8 Å². The molecule has 3 amide bonds. The number of rotatable bonds is 11. The van der Waals surface area contributed by atoms with Crippen molar-refractivity contribution in [1.29, 1.82) is 0 Å². The predicted molar refractivity (Wildman–Crippen MR) is 391 cm³/mol. The van der Waals surface area contributed by atoms with E-state index in [1.54, 1.807) is 59.1 Å². The van der Waals surface area contributed by atoms with Crippen LogP contribution in [-0.2, 0) is 45.6 Å². The number of carbonyl (C=O) groups is 5. The number of carboxylic acids is 1. The smallest absolute Gasteiger partial charge is 0.337 e. The predicted octanol–water partition coefficient (Wildman–Crippen LogP) is 15.1. The number of fused-ring (bicyclic) bond motifs is 3. The molecule has 9 aromatic rings. The number of carboxylic acid groups (broad SMARTS) is 1. The standard InChI is InChI=1S/C27H30ClFN4O3.C23H25ClFN3O.C13H19FN2.C10H8ClNO2.3CH4/c1-16-13-33(17(2)12-32(16)14-18-6-8-19(29)9-7-18)26(35)21-10-20-22(25(34)27(36)30(3)4)15-31(5)24(20)11-23(21)28;1-15-13-28(16(2)12-27(15)14-17-4-6-19(25)7-5-17)23(29)20-10-18-8-9-26(3)22(18)11-21(20)24;1-10-8-16(11(2)7-15-10)9-12-3-5-13(14)6-4-12;1-12-3-2-6-4-7(10(13)14)8(11)5-9(6)12;;;/h6-11,15-17H,12-14H2,1-5H3;4-11,15-16H,12-14H2,1-3H3;3-6,10-11,15H,7-9H2,1-2H3;2-5H,1H3,(H,13,14);3*1H4/t16-,17+;15-,16+;10-,11+;;;;/m001..../s1. The number of hydrogen-bond donors (Lipinski definition) is 2. The molecule has 0 saturated carbocycles. The van der Waals surface area contributed by atoms with Crippen LogP contribution < -0.4 is 5.32 Å². The Morgan fingerprint density at radius 2 is 0.857 bits per heavy atom. The molecule has 0 spiro atoms. The third-order valence-corrected chi connectivity index (χ3v) is 19.0. The highest BCUT2D eigenvalue weighted by Crippen LogP contribution is 2.33. The summed E-state index contributed by atoms with van der Waals surface area (Å²) in [6, 6.07) is 35.4. The first-order chi connectivity index (χ1) is 45.0. The van der Waals surface area contributed by atoms with Gasteiger partial charge in [0.05, 0.1) is 42.8 Å². The fourth-order valence-corrected chi connectivity index (χ4v) is 13.2. The quantitative estimate of drug-likeness (QED) is 0.0946. The molecule has 3 aromatic heterocycles. The number of benzene rings is 6. The van der Waals surface area contributed by atoms with Gasteiger partial charge in [-0.2, -0.15) is 0 Å². The number of piperazine rings is 3. The Morgan fingerprint density at radius 1 is 0.480 bits per heavy atom. The highest BCUT2D eigenvalue weighted by molar-refractivity contribution is 6.45. The average Bonchev–Trinajstić information content (AvgIpc) is 1.55. The zero-order chi connectivity index (χ0) is 68.9. The maximum absolute atomic E-state index is 13.7. The number of aromatic nitrogens is 3. The van der Waals surface area contributed by atoms with Gasteiger partial charge in [-0.05, 0) is 143 Å². The first-order valence-electron chi connectivity index (χ1n) is 31.6. The van der Waals surface area contributed by atoms with Gasteiger partial charge in [0.25, 0.3) is 23.5 Å². The van der Waals surface area contributed by atoms with Gasteiger partial charge in [0.15, 0.2) is 0 Å². The van der Waals surface area contributed by atoms with Crippen LogP contribution in [0.25, 0.3) is 32.7 Å². The molecule has 6 aromatic carbocycles. The zero-order valence-electron chi connectivity index (χ0n) is 55.4. The first kappa shape index (κ1) is 79.0. The van der Waals surface area contributed by atoms with Crippen LogP contribution in [0.15, 0.2) is 140 Å². The maximum Gasteiger partial charge on any atom is 0.337 e. The van der Waals surface area contributed by atoms with Crippen LogP contribution in [0.2, 0.25) is 15.1 Å². The molecule has 2 N–H and O–H groups in total. The second-order valence-electron chi connectivity index (χ2n) is 25.6. The Kier molecular flexibility index (Phi) is 27.5. The molecule has 0 unspecified atom stereocenters. The van der Waals surface area contributed by atoms with Crippen molar-refractivity contribution in [3.63, 3.8) is 0 Å². The topological polar surface area (TPSA) is 152 Å². The summed E-state index contributed by atoms with van der Waals surface area (Å²) < 4.78 is 44.8. The van der Waals surface area contributed by atoms with E-state index in [2.05, 4.69) is 54.6 Å². The molecule has 6 heterocycles. The van der Waals surface area contributed by atoms with Crippen LogP contribution >= 0.6 is 34.8 Å². The number of halogens is 6. The number of nitrogens with one attached hydrogen (secondary N) is 1. The summed E-state index contributed by atoms with van der Waals surface area (Å²) in [5.74, 6) is -3.17. The summed E-state index contributed by atoms with van der Waals surface area (Å²) >= 11 is 18.9. The molecule has 22 heteroatoms. The van der Waals surface area contributed by atoms with Crippen molar-refractivity contribution >= 4 is 97.0 Å². The molecule has 3 saturated heterocycles. The van der Waals surface area contributed by atoms with Crippen molar-refractivity contribution in [3.05, 3.63) is 211 Å². The van der Waals surface area contributed by atoms with E-state index in [0.29, 0.717) is 70.3 Å². The summed E-state index contributed by atoms with van der Waals surface area (Å²) in [7, 11) is 8.66. The van der Waals surface area contributed by atoms with Gasteiger partial charge in [0.1, 0.15) is 17.5 Å². The van der Waals surface area contributed by atoms with Gasteiger partial charge in [-0.15, -0.1) is 0 Å². The summed E-state index contributed by atoms with van der Waals surface area (Å²) in [5.41, 5.74) is 7.11. The van der Waals surface area contributed by atoms with Crippen LogP contribution in [0.1, 0.15) is 122 Å². The number of amides is 3. The van der Waals surface area contributed by atoms with Crippen LogP contribution in [0.5, 0.6) is 0 Å². The lowest BCUT2D eigenvalue weighted by Crippen LogP contribution is -2.57. The lowest BCUT2D eigenvalue weighted by Gasteiger charge is -2.44. The van der Waals surface area contributed by atoms with Gasteiger partial charge >= 0.3 is 5.97 Å². The Balaban J connectivity index is 0.000000218. The summed E-state index contributed by atoms with van der Waals surface area (Å²) in [4.78, 5) is 74.9. The summed E-state index contributed by atoms with van der Waals surface area (Å²) in [5, 5.41) is 15.8. The zero-order valence-corrected chi connectivity index (χ0v) is 57.7. The minimum atomic E-state index is -0.999. The lowest BCUT2D eigenvalue weighted by atomic mass is 10.0. The van der Waals surface area contributed by atoms with Crippen molar-refractivity contribution in [2.45, 2.75) is 120 Å². The fourth-order valence-electron chi connectivity index (χ4n) is 12.5. The Bertz CT molecular complexity index is 4260. The van der Waals surface area contributed by atoms with Gasteiger partial charge in [0.2, 0.25) is 0 Å². The maximum atomic E-state index is 13.7. The molecule has 98 heavy (non-hydrogen) atoms. The van der Waals surface area contributed by atoms with E-state index in [1.165, 1.54) is 61.0 Å². The SMILES string of the molecule is C.C.C.C[C@@H]1CN(Cc2ccc(F)cc2)[C@@H](C)CN1.C[C@@H]1CN(Cc2ccc(F)cc2)[C@@H](C)CN1C(=O)c1cc2c(C(=O)C(=O)N(C)C)cn(C)c2cc1Cl.C[C@@H]1CN(Cc2ccc(F)cc2)[C@@H](C)CN1C(=O)c1cc2ccn(C)c2cc1Cl.Cn1ccc2cc(C(=O)O)c(Cl)cc21. The molecule has 12 rings (SSSR count). The van der Waals surface area contributed by atoms with Crippen LogP contribution in [0.4, 0.5) is 13.2 Å². The third-order valence-electron chi connectivity index (χ3n) is 18.1. The van der Waals surface area contributed by atoms with Crippen molar-refractivity contribution < 1.29 is 42.3 Å². The average molecular weight is 1410 g/mol. The normalized spacial score (nSPS) is 18.7. The van der Waals surface area contributed by atoms with E-state index in [1.807, 2.05) is 96.0 Å². The Labute approximate surface area is 590 Å². The Morgan fingerprint density at radius 3 is 1.27 bits per heavy atom. The number of aryl methyl sites for hydroxylation is 3. The van der Waals surface area contributed by atoms with E-state index < -0.39 is 17.7 Å². The van der Waals surface area contributed by atoms with Gasteiger partial charge in [-0.3, -0.25) is 33.9 Å². The molecule has 3 aliphatic heterocycles. The monoisotopic (exact) mass is 1400 g/mol. The third kappa shape index (κ3) is 18.6. The molecule has 0 bridgehead atoms. The highest BCUT2D eigenvalue weighted by atomic mass is 35.5. The molecular weight excluding hydrogens is 1310 g/mol. The highest BCUT2D eigenvalue weighted by Gasteiger charge is 2.36. The van der Waals surface area contributed by atoms with Crippen LogP contribution in [0, 0.1) is 17.5 Å². The number of nitrogens with zero attached hydrogens (tertiary/aromatic N) is 9. The number of Topliss-reactive ketones (excluding diaryl/α,β-unsaturated/α-hetero) is 1. The molecule has 526 valence electrons. The minimum absolute atomic E-state index is 0. The molecule has 3 aliphatic rings. The van der Waals surface area contributed by atoms with E-state index in [9.17, 15) is 37.1 Å². The van der Waals surface area contributed by atoms with E-state index >= 15 is 0 Å². The minimum Gasteiger partial charge on any atom is -0.478 e. The van der Waals surface area contributed by atoms with Gasteiger partial charge in [0, 0.05) is 176 Å². The second kappa shape index (κ2) is 34.2. The number of ketones is 1. The number of aromatic carboxylic acids is 1.